The Kier molecular flexibility index (Phi) is 4.36. The molecule has 1 amide bonds. The van der Waals surface area contributed by atoms with Gasteiger partial charge in [0.15, 0.2) is 0 Å². The molecule has 1 heterocycles. The molecule has 0 saturated carbocycles. The average Bonchev–Trinajstić information content (AvgIpc) is 2.87. The van der Waals surface area contributed by atoms with E-state index in [1.807, 2.05) is 0 Å². The number of ether oxygens (including phenoxy) is 1. The van der Waals surface area contributed by atoms with Gasteiger partial charge < -0.3 is 14.7 Å². The van der Waals surface area contributed by atoms with E-state index in [4.69, 9.17) is 9.84 Å². The minimum absolute atomic E-state index is 0.318. The minimum Gasteiger partial charge on any atom is -0.496 e. The van der Waals surface area contributed by atoms with E-state index in [9.17, 15) is 9.59 Å². The van der Waals surface area contributed by atoms with Gasteiger partial charge in [0.25, 0.3) is 5.91 Å². The highest BCUT2D eigenvalue weighted by molar-refractivity contribution is 9.10. The molecular formula is C12H12BrNO4S. The molecule has 102 valence electrons. The number of aliphatic carboxylic acids is 1. The van der Waals surface area contributed by atoms with Gasteiger partial charge in [-0.15, -0.1) is 11.8 Å². The molecule has 0 unspecified atom stereocenters. The summed E-state index contributed by atoms with van der Waals surface area (Å²) in [4.78, 5) is 24.9. The average molecular weight is 346 g/mol. The maximum Gasteiger partial charge on any atom is 0.327 e. The SMILES string of the molecule is COc1cc(Br)ccc1C(=O)N1CSC[C@H]1C(=O)O. The third-order valence-electron chi connectivity index (χ3n) is 2.82. The molecule has 1 fully saturated rings. The van der Waals surface area contributed by atoms with Gasteiger partial charge in [0.05, 0.1) is 18.6 Å². The summed E-state index contributed by atoms with van der Waals surface area (Å²) >= 11 is 4.73. The molecule has 1 N–H and O–H groups in total. The molecule has 1 aromatic carbocycles. The van der Waals surface area contributed by atoms with Crippen molar-refractivity contribution in [3.8, 4) is 5.75 Å². The van der Waals surface area contributed by atoms with Crippen LogP contribution >= 0.6 is 27.7 Å². The van der Waals surface area contributed by atoms with Crippen LogP contribution in [-0.4, -0.2) is 46.7 Å². The zero-order valence-corrected chi connectivity index (χ0v) is 12.5. The number of carbonyl (C=O) groups is 2. The van der Waals surface area contributed by atoms with Gasteiger partial charge >= 0.3 is 5.97 Å². The zero-order valence-electron chi connectivity index (χ0n) is 10.1. The largest absolute Gasteiger partial charge is 0.496 e. The van der Waals surface area contributed by atoms with E-state index in [1.165, 1.54) is 23.8 Å². The van der Waals surface area contributed by atoms with Crippen molar-refractivity contribution in [3.05, 3.63) is 28.2 Å². The van der Waals surface area contributed by atoms with Gasteiger partial charge in [-0.25, -0.2) is 4.79 Å². The fourth-order valence-electron chi connectivity index (χ4n) is 1.84. The Morgan fingerprint density at radius 2 is 2.26 bits per heavy atom. The van der Waals surface area contributed by atoms with E-state index in [0.29, 0.717) is 22.9 Å². The van der Waals surface area contributed by atoms with Crippen LogP contribution in [0.25, 0.3) is 0 Å². The molecule has 1 aliphatic heterocycles. The number of carboxylic acids is 1. The topological polar surface area (TPSA) is 66.8 Å². The van der Waals surface area contributed by atoms with Gasteiger partial charge in [0, 0.05) is 10.2 Å². The molecule has 19 heavy (non-hydrogen) atoms. The molecule has 0 bridgehead atoms. The summed E-state index contributed by atoms with van der Waals surface area (Å²) in [6, 6.07) is 4.28. The highest BCUT2D eigenvalue weighted by Gasteiger charge is 2.35. The van der Waals surface area contributed by atoms with Gasteiger partial charge in [-0.2, -0.15) is 0 Å². The maximum absolute atomic E-state index is 12.4. The molecule has 1 saturated heterocycles. The molecule has 0 radical (unpaired) electrons. The quantitative estimate of drug-likeness (QED) is 0.908. The number of benzene rings is 1. The lowest BCUT2D eigenvalue weighted by Crippen LogP contribution is -2.41. The molecule has 0 aliphatic carbocycles. The lowest BCUT2D eigenvalue weighted by Gasteiger charge is -2.21. The number of methoxy groups -OCH3 is 1. The van der Waals surface area contributed by atoms with Crippen LogP contribution < -0.4 is 4.74 Å². The fraction of sp³-hybridized carbons (Fsp3) is 0.333. The van der Waals surface area contributed by atoms with Gasteiger partial charge in [0.1, 0.15) is 11.8 Å². The van der Waals surface area contributed by atoms with Crippen molar-refractivity contribution in [2.24, 2.45) is 0 Å². The molecule has 0 spiro atoms. The van der Waals surface area contributed by atoms with Gasteiger partial charge in [-0.3, -0.25) is 4.79 Å². The number of amides is 1. The first-order valence-corrected chi connectivity index (χ1v) is 7.44. The zero-order chi connectivity index (χ0) is 14.0. The van der Waals surface area contributed by atoms with Crippen LogP contribution in [0, 0.1) is 0 Å². The maximum atomic E-state index is 12.4. The number of hydrogen-bond acceptors (Lipinski definition) is 4. The number of nitrogens with zero attached hydrogens (tertiary/aromatic N) is 1. The molecule has 1 atom stereocenters. The second-order valence-corrected chi connectivity index (χ2v) is 5.89. The number of halogens is 1. The van der Waals surface area contributed by atoms with E-state index >= 15 is 0 Å². The summed E-state index contributed by atoms with van der Waals surface area (Å²) in [6.07, 6.45) is 0. The standard InChI is InChI=1S/C12H12BrNO4S/c1-18-10-4-7(13)2-3-8(10)11(15)14-6-19-5-9(14)12(16)17/h2-4,9H,5-6H2,1H3,(H,16,17)/t9-/m0/s1. The van der Waals surface area contributed by atoms with Crippen molar-refractivity contribution in [1.82, 2.24) is 4.90 Å². The summed E-state index contributed by atoms with van der Waals surface area (Å²) in [5.41, 5.74) is 0.374. The van der Waals surface area contributed by atoms with Crippen molar-refractivity contribution in [3.63, 3.8) is 0 Å². The monoisotopic (exact) mass is 345 g/mol. The summed E-state index contributed by atoms with van der Waals surface area (Å²) in [5, 5.41) is 9.10. The predicted octanol–water partition coefficient (Wildman–Crippen LogP) is 2.06. The molecule has 2 rings (SSSR count). The summed E-state index contributed by atoms with van der Waals surface area (Å²) in [6.45, 7) is 0. The second kappa shape index (κ2) is 5.83. The van der Waals surface area contributed by atoms with E-state index in [0.717, 1.165) is 4.47 Å². The van der Waals surface area contributed by atoms with E-state index in [1.54, 1.807) is 18.2 Å². The number of thioether (sulfide) groups is 1. The van der Waals surface area contributed by atoms with Crippen molar-refractivity contribution in [1.29, 1.82) is 0 Å². The van der Waals surface area contributed by atoms with Crippen molar-refractivity contribution >= 4 is 39.6 Å². The molecule has 0 aromatic heterocycles. The first kappa shape index (κ1) is 14.2. The summed E-state index contributed by atoms with van der Waals surface area (Å²) < 4.78 is 5.97. The normalized spacial score (nSPS) is 18.4. The first-order valence-electron chi connectivity index (χ1n) is 5.49. The van der Waals surface area contributed by atoms with Gasteiger partial charge in [-0.1, -0.05) is 15.9 Å². The van der Waals surface area contributed by atoms with Crippen molar-refractivity contribution in [2.45, 2.75) is 6.04 Å². The Labute approximate surface area is 123 Å². The molecule has 1 aromatic rings. The smallest absolute Gasteiger partial charge is 0.327 e. The first-order chi connectivity index (χ1) is 9.04. The highest BCUT2D eigenvalue weighted by Crippen LogP contribution is 2.29. The molecule has 7 heteroatoms. The fourth-order valence-corrected chi connectivity index (χ4v) is 3.33. The van der Waals surface area contributed by atoms with Crippen LogP contribution in [0.4, 0.5) is 0 Å². The summed E-state index contributed by atoms with van der Waals surface area (Å²) in [5.74, 6) is -0.0637. The van der Waals surface area contributed by atoms with Crippen LogP contribution in [0.15, 0.2) is 22.7 Å². The van der Waals surface area contributed by atoms with Gasteiger partial charge in [-0.05, 0) is 18.2 Å². The van der Waals surface area contributed by atoms with Crippen LogP contribution in [-0.2, 0) is 4.79 Å². The van der Waals surface area contributed by atoms with Crippen LogP contribution in [0.1, 0.15) is 10.4 Å². The number of carboxylic acid groups (broad SMARTS) is 1. The number of rotatable bonds is 3. The summed E-state index contributed by atoms with van der Waals surface area (Å²) in [7, 11) is 1.48. The van der Waals surface area contributed by atoms with Crippen LogP contribution in [0.3, 0.4) is 0 Å². The molecule has 5 nitrogen and oxygen atoms in total. The Bertz CT molecular complexity index is 522. The Morgan fingerprint density at radius 1 is 1.53 bits per heavy atom. The number of carbonyl (C=O) groups excluding carboxylic acids is 1. The Hall–Kier alpha value is -1.21. The van der Waals surface area contributed by atoms with Crippen molar-refractivity contribution < 1.29 is 19.4 Å². The lowest BCUT2D eigenvalue weighted by molar-refractivity contribution is -0.140. The Morgan fingerprint density at radius 3 is 2.89 bits per heavy atom. The third-order valence-corrected chi connectivity index (χ3v) is 4.33. The highest BCUT2D eigenvalue weighted by atomic mass is 79.9. The van der Waals surface area contributed by atoms with Gasteiger partial charge in [0.2, 0.25) is 0 Å². The second-order valence-electron chi connectivity index (χ2n) is 3.97. The minimum atomic E-state index is -0.977. The van der Waals surface area contributed by atoms with Crippen LogP contribution in [0.5, 0.6) is 5.75 Å². The Balaban J connectivity index is 2.31. The van der Waals surface area contributed by atoms with Crippen LogP contribution in [0.2, 0.25) is 0 Å². The molecular weight excluding hydrogens is 334 g/mol. The van der Waals surface area contributed by atoms with Crippen molar-refractivity contribution in [2.75, 3.05) is 18.7 Å². The lowest BCUT2D eigenvalue weighted by atomic mass is 10.1. The third kappa shape index (κ3) is 2.87. The van der Waals surface area contributed by atoms with E-state index < -0.39 is 12.0 Å². The number of hydrogen-bond donors (Lipinski definition) is 1. The molecule has 1 aliphatic rings. The predicted molar refractivity (Wildman–Crippen MR) is 75.6 cm³/mol. The van der Waals surface area contributed by atoms with E-state index in [2.05, 4.69) is 15.9 Å². The van der Waals surface area contributed by atoms with E-state index in [-0.39, 0.29) is 5.91 Å².